The fraction of sp³-hybridized carbons (Fsp3) is 0. The molecule has 2 aromatic carbocycles. The van der Waals surface area contributed by atoms with Crippen LogP contribution >= 0.6 is 0 Å². The lowest BCUT2D eigenvalue weighted by molar-refractivity contribution is 1.01. The smallest absolute Gasteiger partial charge is 0.304 e. The summed E-state index contributed by atoms with van der Waals surface area (Å²) in [6, 6.07) is 17.6. The van der Waals surface area contributed by atoms with Crippen molar-refractivity contribution in [3.63, 3.8) is 0 Å². The summed E-state index contributed by atoms with van der Waals surface area (Å²) in [4.78, 5) is 19.4. The maximum absolute atomic E-state index is 12.3. The van der Waals surface area contributed by atoms with Crippen molar-refractivity contribution in [2.45, 2.75) is 0 Å². The zero-order valence-electron chi connectivity index (χ0n) is 10.6. The van der Waals surface area contributed by atoms with E-state index in [0.29, 0.717) is 5.65 Å². The molecule has 2 aromatic heterocycles. The standard InChI is InChI=1S/C16H11N3O/c20-16-18-13-8-4-10-17-15(13)19(16)14-9-3-6-11-5-1-2-7-12(11)14/h1-10H,(H,18,20). The number of rotatable bonds is 1. The second-order valence-electron chi connectivity index (χ2n) is 4.64. The van der Waals surface area contributed by atoms with Crippen LogP contribution in [0.15, 0.2) is 65.6 Å². The molecule has 0 aliphatic rings. The van der Waals surface area contributed by atoms with Gasteiger partial charge >= 0.3 is 5.69 Å². The maximum Gasteiger partial charge on any atom is 0.332 e. The van der Waals surface area contributed by atoms with Crippen molar-refractivity contribution >= 4 is 21.9 Å². The number of fused-ring (bicyclic) bond motifs is 2. The summed E-state index contributed by atoms with van der Waals surface area (Å²) in [5, 5.41) is 2.13. The first-order valence-electron chi connectivity index (χ1n) is 6.38. The number of nitrogens with one attached hydrogen (secondary N) is 1. The van der Waals surface area contributed by atoms with E-state index in [-0.39, 0.29) is 5.69 Å². The van der Waals surface area contributed by atoms with E-state index >= 15 is 0 Å². The van der Waals surface area contributed by atoms with Crippen molar-refractivity contribution in [3.05, 3.63) is 71.3 Å². The Morgan fingerprint density at radius 1 is 0.950 bits per heavy atom. The molecular formula is C16H11N3O. The van der Waals surface area contributed by atoms with E-state index in [2.05, 4.69) is 9.97 Å². The Labute approximate surface area is 114 Å². The molecule has 4 heteroatoms. The van der Waals surface area contributed by atoms with Gasteiger partial charge in [0.2, 0.25) is 0 Å². The van der Waals surface area contributed by atoms with Crippen LogP contribution in [-0.2, 0) is 0 Å². The fourth-order valence-electron chi connectivity index (χ4n) is 2.57. The summed E-state index contributed by atoms with van der Waals surface area (Å²) in [5.41, 5.74) is 2.06. The average molecular weight is 261 g/mol. The number of hydrogen-bond donors (Lipinski definition) is 1. The third kappa shape index (κ3) is 1.48. The largest absolute Gasteiger partial charge is 0.332 e. The van der Waals surface area contributed by atoms with Gasteiger partial charge in [-0.05, 0) is 23.6 Å². The molecule has 4 nitrogen and oxygen atoms in total. The summed E-state index contributed by atoms with van der Waals surface area (Å²) >= 11 is 0. The second-order valence-corrected chi connectivity index (χ2v) is 4.64. The molecule has 96 valence electrons. The van der Waals surface area contributed by atoms with Crippen molar-refractivity contribution in [1.29, 1.82) is 0 Å². The Balaban J connectivity index is 2.17. The van der Waals surface area contributed by atoms with Crippen LogP contribution in [0.3, 0.4) is 0 Å². The second kappa shape index (κ2) is 4.06. The van der Waals surface area contributed by atoms with Crippen LogP contribution in [-0.4, -0.2) is 14.5 Å². The monoisotopic (exact) mass is 261 g/mol. The number of imidazole rings is 1. The fourth-order valence-corrected chi connectivity index (χ4v) is 2.57. The Hall–Kier alpha value is -2.88. The molecule has 1 N–H and O–H groups in total. The van der Waals surface area contributed by atoms with Crippen LogP contribution < -0.4 is 5.69 Å². The van der Waals surface area contributed by atoms with E-state index in [9.17, 15) is 4.79 Å². The molecule has 4 rings (SSSR count). The lowest BCUT2D eigenvalue weighted by Crippen LogP contribution is -2.15. The lowest BCUT2D eigenvalue weighted by atomic mass is 10.1. The number of hydrogen-bond acceptors (Lipinski definition) is 2. The minimum atomic E-state index is -0.171. The van der Waals surface area contributed by atoms with Gasteiger partial charge in [0.15, 0.2) is 5.65 Å². The summed E-state index contributed by atoms with van der Waals surface area (Å²) in [6.07, 6.45) is 1.69. The van der Waals surface area contributed by atoms with E-state index in [1.54, 1.807) is 10.8 Å². The van der Waals surface area contributed by atoms with Crippen LogP contribution in [0.1, 0.15) is 0 Å². The minimum Gasteiger partial charge on any atom is -0.304 e. The molecule has 0 spiro atoms. The topological polar surface area (TPSA) is 50.7 Å². The van der Waals surface area contributed by atoms with Gasteiger partial charge in [0, 0.05) is 11.6 Å². The predicted octanol–water partition coefficient (Wildman–Crippen LogP) is 2.87. The van der Waals surface area contributed by atoms with Crippen LogP contribution in [0.5, 0.6) is 0 Å². The SMILES string of the molecule is O=c1[nH]c2cccnc2n1-c1cccc2ccccc12. The average Bonchev–Trinajstić information content (AvgIpc) is 2.82. The third-order valence-electron chi connectivity index (χ3n) is 3.45. The quantitative estimate of drug-likeness (QED) is 0.572. The number of benzene rings is 2. The van der Waals surface area contributed by atoms with Gasteiger partial charge in [-0.25, -0.2) is 14.3 Å². The number of aromatic nitrogens is 3. The minimum absolute atomic E-state index is 0.171. The Bertz CT molecular complexity index is 976. The molecule has 20 heavy (non-hydrogen) atoms. The Kier molecular flexibility index (Phi) is 2.23. The van der Waals surface area contributed by atoms with E-state index < -0.39 is 0 Å². The van der Waals surface area contributed by atoms with Gasteiger partial charge < -0.3 is 4.98 Å². The number of H-pyrrole nitrogens is 1. The van der Waals surface area contributed by atoms with Gasteiger partial charge in [0.1, 0.15) is 0 Å². The van der Waals surface area contributed by atoms with Crippen molar-refractivity contribution in [2.75, 3.05) is 0 Å². The summed E-state index contributed by atoms with van der Waals surface area (Å²) < 4.78 is 1.62. The molecule has 0 bridgehead atoms. The van der Waals surface area contributed by atoms with Crippen molar-refractivity contribution in [3.8, 4) is 5.69 Å². The van der Waals surface area contributed by atoms with Crippen molar-refractivity contribution in [1.82, 2.24) is 14.5 Å². The van der Waals surface area contributed by atoms with Crippen molar-refractivity contribution < 1.29 is 0 Å². The summed E-state index contributed by atoms with van der Waals surface area (Å²) in [7, 11) is 0. The van der Waals surface area contributed by atoms with E-state index in [1.807, 2.05) is 54.6 Å². The predicted molar refractivity (Wildman–Crippen MR) is 79.2 cm³/mol. The molecule has 0 radical (unpaired) electrons. The lowest BCUT2D eigenvalue weighted by Gasteiger charge is -2.07. The molecule has 0 saturated carbocycles. The third-order valence-corrected chi connectivity index (χ3v) is 3.45. The van der Waals surface area contributed by atoms with E-state index in [1.165, 1.54) is 0 Å². The zero-order chi connectivity index (χ0) is 13.5. The van der Waals surface area contributed by atoms with Crippen LogP contribution in [0.25, 0.3) is 27.6 Å². The molecule has 0 aliphatic carbocycles. The summed E-state index contributed by atoms with van der Waals surface area (Å²) in [6.45, 7) is 0. The van der Waals surface area contributed by atoms with Crippen LogP contribution in [0.2, 0.25) is 0 Å². The maximum atomic E-state index is 12.3. The number of nitrogens with zero attached hydrogens (tertiary/aromatic N) is 2. The molecule has 0 saturated heterocycles. The van der Waals surface area contributed by atoms with Crippen LogP contribution in [0.4, 0.5) is 0 Å². The molecule has 0 aliphatic heterocycles. The first-order chi connectivity index (χ1) is 9.84. The molecule has 0 fully saturated rings. The molecule has 2 heterocycles. The molecule has 0 amide bonds. The molecule has 0 unspecified atom stereocenters. The highest BCUT2D eigenvalue weighted by Crippen LogP contribution is 2.23. The highest BCUT2D eigenvalue weighted by atomic mass is 16.1. The van der Waals surface area contributed by atoms with Gasteiger partial charge in [-0.3, -0.25) is 0 Å². The molecule has 4 aromatic rings. The van der Waals surface area contributed by atoms with Gasteiger partial charge in [-0.15, -0.1) is 0 Å². The van der Waals surface area contributed by atoms with Gasteiger partial charge in [-0.1, -0.05) is 36.4 Å². The Morgan fingerprint density at radius 3 is 2.75 bits per heavy atom. The Morgan fingerprint density at radius 2 is 1.80 bits per heavy atom. The zero-order valence-corrected chi connectivity index (χ0v) is 10.6. The van der Waals surface area contributed by atoms with Gasteiger partial charge in [-0.2, -0.15) is 0 Å². The van der Waals surface area contributed by atoms with Gasteiger partial charge in [0.25, 0.3) is 0 Å². The van der Waals surface area contributed by atoms with E-state index in [0.717, 1.165) is 22.0 Å². The van der Waals surface area contributed by atoms with Crippen LogP contribution in [0, 0.1) is 0 Å². The van der Waals surface area contributed by atoms with Crippen molar-refractivity contribution in [2.24, 2.45) is 0 Å². The summed E-state index contributed by atoms with van der Waals surface area (Å²) in [5.74, 6) is 0. The highest BCUT2D eigenvalue weighted by molar-refractivity contribution is 5.91. The van der Waals surface area contributed by atoms with Gasteiger partial charge in [0.05, 0.1) is 11.2 Å². The molecule has 0 atom stereocenters. The molecular weight excluding hydrogens is 250 g/mol. The highest BCUT2D eigenvalue weighted by Gasteiger charge is 2.11. The number of aromatic amines is 1. The first-order valence-corrected chi connectivity index (χ1v) is 6.38. The van der Waals surface area contributed by atoms with E-state index in [4.69, 9.17) is 0 Å². The normalized spacial score (nSPS) is 11.2. The first kappa shape index (κ1) is 11.0. The number of pyridine rings is 1.